The van der Waals surface area contributed by atoms with Crippen LogP contribution < -0.4 is 10.2 Å². The highest BCUT2D eigenvalue weighted by molar-refractivity contribution is 5.49. The molecular formula is C12H20N6O. The van der Waals surface area contributed by atoms with Gasteiger partial charge in [-0.1, -0.05) is 0 Å². The third-order valence-corrected chi connectivity index (χ3v) is 2.82. The number of hydrogen-bond acceptors (Lipinski definition) is 6. The number of nitrogens with one attached hydrogen (secondary N) is 1. The molecule has 0 aromatic carbocycles. The van der Waals surface area contributed by atoms with Crippen LogP contribution in [0.4, 0.5) is 11.8 Å². The maximum atomic E-state index is 10.7. The maximum Gasteiger partial charge on any atom is 0.245 e. The van der Waals surface area contributed by atoms with Crippen molar-refractivity contribution >= 4 is 18.2 Å². The minimum Gasteiger partial charge on any atom is -0.352 e. The molecule has 2 heterocycles. The van der Waals surface area contributed by atoms with Gasteiger partial charge in [-0.3, -0.25) is 4.79 Å². The number of anilines is 2. The van der Waals surface area contributed by atoms with Crippen LogP contribution >= 0.6 is 0 Å². The van der Waals surface area contributed by atoms with Gasteiger partial charge in [0.2, 0.25) is 12.4 Å². The lowest BCUT2D eigenvalue weighted by Crippen LogP contribution is -2.46. The Labute approximate surface area is 113 Å². The fourth-order valence-electron chi connectivity index (χ4n) is 1.89. The summed E-state index contributed by atoms with van der Waals surface area (Å²) in [6.07, 6.45) is 2.55. The first kappa shape index (κ1) is 13.5. The molecular weight excluding hydrogens is 244 g/mol. The molecule has 2 rings (SSSR count). The molecule has 1 amide bonds. The molecule has 1 aromatic rings. The monoisotopic (exact) mass is 264 g/mol. The highest BCUT2D eigenvalue weighted by Gasteiger charge is 2.18. The van der Waals surface area contributed by atoms with E-state index in [1.807, 2.05) is 20.8 Å². The summed E-state index contributed by atoms with van der Waals surface area (Å²) in [6.45, 7) is 9.12. The van der Waals surface area contributed by atoms with Crippen molar-refractivity contribution in [3.05, 3.63) is 6.20 Å². The quantitative estimate of drug-likeness (QED) is 0.795. The molecule has 19 heavy (non-hydrogen) atoms. The van der Waals surface area contributed by atoms with Crippen molar-refractivity contribution in [1.82, 2.24) is 20.1 Å². The fourth-order valence-corrected chi connectivity index (χ4v) is 1.89. The van der Waals surface area contributed by atoms with Crippen molar-refractivity contribution in [2.24, 2.45) is 0 Å². The van der Waals surface area contributed by atoms with Gasteiger partial charge in [0, 0.05) is 31.7 Å². The summed E-state index contributed by atoms with van der Waals surface area (Å²) in [4.78, 5) is 19.0. The molecule has 7 nitrogen and oxygen atoms in total. The molecule has 1 fully saturated rings. The molecule has 0 saturated carbocycles. The maximum absolute atomic E-state index is 10.7. The summed E-state index contributed by atoms with van der Waals surface area (Å²) in [5.74, 6) is 1.33. The van der Waals surface area contributed by atoms with E-state index >= 15 is 0 Å². The minimum absolute atomic E-state index is 0.101. The fraction of sp³-hybridized carbons (Fsp3) is 0.667. The van der Waals surface area contributed by atoms with Crippen molar-refractivity contribution in [3.63, 3.8) is 0 Å². The first-order valence-corrected chi connectivity index (χ1v) is 6.40. The summed E-state index contributed by atoms with van der Waals surface area (Å²) < 4.78 is 0. The third-order valence-electron chi connectivity index (χ3n) is 2.82. The second-order valence-electron chi connectivity index (χ2n) is 5.64. The van der Waals surface area contributed by atoms with E-state index in [4.69, 9.17) is 0 Å². The smallest absolute Gasteiger partial charge is 0.245 e. The number of aromatic nitrogens is 3. The molecule has 7 heteroatoms. The number of nitrogens with zero attached hydrogens (tertiary/aromatic N) is 5. The normalized spacial score (nSPS) is 16.4. The Morgan fingerprint density at radius 1 is 1.26 bits per heavy atom. The van der Waals surface area contributed by atoms with Gasteiger partial charge in [-0.2, -0.15) is 10.1 Å². The van der Waals surface area contributed by atoms with Crippen molar-refractivity contribution in [2.75, 3.05) is 36.4 Å². The molecule has 1 aliphatic heterocycles. The molecule has 0 spiro atoms. The molecule has 0 atom stereocenters. The molecule has 1 aliphatic rings. The Kier molecular flexibility index (Phi) is 3.82. The van der Waals surface area contributed by atoms with Crippen molar-refractivity contribution in [3.8, 4) is 0 Å². The van der Waals surface area contributed by atoms with Crippen LogP contribution in [0.15, 0.2) is 6.20 Å². The average molecular weight is 264 g/mol. The van der Waals surface area contributed by atoms with Crippen molar-refractivity contribution < 1.29 is 4.79 Å². The number of rotatable bonds is 3. The zero-order valence-corrected chi connectivity index (χ0v) is 11.6. The highest BCUT2D eigenvalue weighted by atomic mass is 16.1. The highest BCUT2D eigenvalue weighted by Crippen LogP contribution is 2.15. The van der Waals surface area contributed by atoms with Crippen LogP contribution in [0.25, 0.3) is 0 Å². The average Bonchev–Trinajstić information content (AvgIpc) is 2.37. The first-order valence-electron chi connectivity index (χ1n) is 6.40. The van der Waals surface area contributed by atoms with E-state index < -0.39 is 0 Å². The van der Waals surface area contributed by atoms with Crippen LogP contribution in [0.2, 0.25) is 0 Å². The summed E-state index contributed by atoms with van der Waals surface area (Å²) in [5.41, 5.74) is -0.101. The van der Waals surface area contributed by atoms with Gasteiger partial charge in [0.25, 0.3) is 0 Å². The van der Waals surface area contributed by atoms with Crippen molar-refractivity contribution in [2.45, 2.75) is 26.3 Å². The first-order chi connectivity index (χ1) is 8.98. The largest absolute Gasteiger partial charge is 0.352 e. The Bertz CT molecular complexity index is 436. The SMILES string of the molecule is CC(C)(C)Nc1nncc(N2CCN(C=O)CC2)n1. The predicted molar refractivity (Wildman–Crippen MR) is 73.1 cm³/mol. The summed E-state index contributed by atoms with van der Waals surface area (Å²) in [7, 11) is 0. The predicted octanol–water partition coefficient (Wildman–Crippen LogP) is 0.360. The number of carbonyl (C=O) groups excluding carboxylic acids is 1. The van der Waals surface area contributed by atoms with E-state index in [-0.39, 0.29) is 5.54 Å². The number of carbonyl (C=O) groups is 1. The van der Waals surface area contributed by atoms with Gasteiger partial charge < -0.3 is 15.1 Å². The van der Waals surface area contributed by atoms with Gasteiger partial charge in [-0.25, -0.2) is 0 Å². The Balaban J connectivity index is 2.05. The van der Waals surface area contributed by atoms with Crippen LogP contribution in [-0.2, 0) is 4.79 Å². The molecule has 104 valence electrons. The van der Waals surface area contributed by atoms with Gasteiger partial charge in [-0.05, 0) is 20.8 Å². The van der Waals surface area contributed by atoms with Crippen LogP contribution in [0, 0.1) is 0 Å². The third kappa shape index (κ3) is 3.77. The summed E-state index contributed by atoms with van der Waals surface area (Å²) in [5, 5.41) is 11.2. The number of hydrogen-bond donors (Lipinski definition) is 1. The molecule has 1 saturated heterocycles. The van der Waals surface area contributed by atoms with E-state index in [0.717, 1.165) is 38.4 Å². The molecule has 1 N–H and O–H groups in total. The second kappa shape index (κ2) is 5.38. The Morgan fingerprint density at radius 2 is 1.95 bits per heavy atom. The number of piperazine rings is 1. The Morgan fingerprint density at radius 3 is 2.53 bits per heavy atom. The van der Waals surface area contributed by atoms with Gasteiger partial charge >= 0.3 is 0 Å². The van der Waals surface area contributed by atoms with Crippen molar-refractivity contribution in [1.29, 1.82) is 0 Å². The molecule has 0 radical (unpaired) electrons. The standard InChI is InChI=1S/C12H20N6O/c1-12(2,3)15-11-14-10(8-13-16-11)18-6-4-17(9-19)5-7-18/h8-9H,4-7H2,1-3H3,(H,14,15,16). The van der Waals surface area contributed by atoms with Crippen LogP contribution in [-0.4, -0.2) is 58.2 Å². The minimum atomic E-state index is -0.101. The molecule has 1 aromatic heterocycles. The zero-order chi connectivity index (χ0) is 13.9. The van der Waals surface area contributed by atoms with Crippen LogP contribution in [0.5, 0.6) is 0 Å². The van der Waals surface area contributed by atoms with Gasteiger partial charge in [0.15, 0.2) is 5.82 Å². The number of amides is 1. The van der Waals surface area contributed by atoms with Crippen LogP contribution in [0.3, 0.4) is 0 Å². The van der Waals surface area contributed by atoms with E-state index in [1.54, 1.807) is 11.1 Å². The van der Waals surface area contributed by atoms with E-state index in [1.165, 1.54) is 0 Å². The van der Waals surface area contributed by atoms with Gasteiger partial charge in [-0.15, -0.1) is 5.10 Å². The van der Waals surface area contributed by atoms with Gasteiger partial charge in [0.05, 0.1) is 6.20 Å². The summed E-state index contributed by atoms with van der Waals surface area (Å²) in [6, 6.07) is 0. The van der Waals surface area contributed by atoms with Gasteiger partial charge in [0.1, 0.15) is 0 Å². The molecule has 0 bridgehead atoms. The van der Waals surface area contributed by atoms with E-state index in [9.17, 15) is 4.79 Å². The van der Waals surface area contributed by atoms with E-state index in [0.29, 0.717) is 5.95 Å². The Hall–Kier alpha value is -1.92. The summed E-state index contributed by atoms with van der Waals surface area (Å²) >= 11 is 0. The second-order valence-corrected chi connectivity index (χ2v) is 5.64. The van der Waals surface area contributed by atoms with Crippen LogP contribution in [0.1, 0.15) is 20.8 Å². The lowest BCUT2D eigenvalue weighted by Gasteiger charge is -2.33. The molecule has 0 unspecified atom stereocenters. The lowest BCUT2D eigenvalue weighted by molar-refractivity contribution is -0.118. The van der Waals surface area contributed by atoms with E-state index in [2.05, 4.69) is 25.4 Å². The zero-order valence-electron chi connectivity index (χ0n) is 11.6. The topological polar surface area (TPSA) is 74.2 Å². The molecule has 0 aliphatic carbocycles. The lowest BCUT2D eigenvalue weighted by atomic mass is 10.1.